The minimum atomic E-state index is -0.231. The molecule has 0 aliphatic heterocycles. The van der Waals surface area contributed by atoms with Gasteiger partial charge in [-0.1, -0.05) is 48.3 Å². The van der Waals surface area contributed by atoms with Gasteiger partial charge in [0.15, 0.2) is 0 Å². The summed E-state index contributed by atoms with van der Waals surface area (Å²) >= 11 is 12.1. The number of ether oxygens (including phenoxy) is 2. The Hall–Kier alpha value is -1.71. The number of hydrogen-bond donors (Lipinski definition) is 0. The lowest BCUT2D eigenvalue weighted by atomic mass is 10.0. The summed E-state index contributed by atoms with van der Waals surface area (Å²) in [5.74, 6) is 0.495. The summed E-state index contributed by atoms with van der Waals surface area (Å²) < 4.78 is 10.6. The van der Waals surface area contributed by atoms with E-state index >= 15 is 0 Å². The van der Waals surface area contributed by atoms with Gasteiger partial charge in [0.1, 0.15) is 5.75 Å². The molecule has 0 bridgehead atoms. The molecule has 2 aromatic carbocycles. The number of halogens is 2. The van der Waals surface area contributed by atoms with Crippen molar-refractivity contribution in [3.05, 3.63) is 63.6 Å². The number of rotatable bonds is 8. The van der Waals surface area contributed by atoms with Crippen LogP contribution in [-0.4, -0.2) is 19.2 Å². The highest BCUT2D eigenvalue weighted by Crippen LogP contribution is 2.24. The van der Waals surface area contributed by atoms with Crippen LogP contribution in [0.2, 0.25) is 10.0 Å². The molecule has 0 spiro atoms. The van der Waals surface area contributed by atoms with E-state index in [-0.39, 0.29) is 12.4 Å². The van der Waals surface area contributed by atoms with E-state index in [1.54, 1.807) is 6.07 Å². The molecule has 0 heterocycles. The van der Waals surface area contributed by atoms with Gasteiger partial charge in [-0.05, 0) is 48.2 Å². The average molecular weight is 367 g/mol. The van der Waals surface area contributed by atoms with Crippen LogP contribution < -0.4 is 4.74 Å². The molecular weight excluding hydrogens is 347 g/mol. The third-order valence-corrected chi connectivity index (χ3v) is 3.96. The summed E-state index contributed by atoms with van der Waals surface area (Å²) in [6.45, 7) is 2.73. The molecule has 0 radical (unpaired) electrons. The van der Waals surface area contributed by atoms with Crippen molar-refractivity contribution < 1.29 is 14.3 Å². The number of carbonyl (C=O) groups excluding carboxylic acids is 1. The minimum Gasteiger partial charge on any atom is -0.493 e. The van der Waals surface area contributed by atoms with E-state index < -0.39 is 0 Å². The quantitative estimate of drug-likeness (QED) is 0.594. The first-order chi connectivity index (χ1) is 11.6. The van der Waals surface area contributed by atoms with Crippen molar-refractivity contribution in [3.8, 4) is 5.75 Å². The molecule has 5 heteroatoms. The van der Waals surface area contributed by atoms with E-state index in [4.69, 9.17) is 32.7 Å². The van der Waals surface area contributed by atoms with Crippen LogP contribution in [0.25, 0.3) is 0 Å². The van der Waals surface area contributed by atoms with Crippen LogP contribution in [0.5, 0.6) is 5.75 Å². The van der Waals surface area contributed by atoms with Gasteiger partial charge in [0.2, 0.25) is 0 Å². The van der Waals surface area contributed by atoms with Gasteiger partial charge >= 0.3 is 5.97 Å². The molecule has 0 N–H and O–H groups in total. The fourth-order valence-electron chi connectivity index (χ4n) is 2.13. The molecule has 0 amide bonds. The molecule has 0 aromatic heterocycles. The number of hydrogen-bond acceptors (Lipinski definition) is 3. The highest BCUT2D eigenvalue weighted by atomic mass is 35.5. The molecule has 0 aliphatic carbocycles. The third kappa shape index (κ3) is 6.06. The summed E-state index contributed by atoms with van der Waals surface area (Å²) in [6, 6.07) is 13.2. The van der Waals surface area contributed by atoms with E-state index in [1.165, 1.54) is 0 Å². The van der Waals surface area contributed by atoms with Crippen LogP contribution in [0.3, 0.4) is 0 Å². The largest absolute Gasteiger partial charge is 0.493 e. The topological polar surface area (TPSA) is 35.5 Å². The zero-order valence-corrected chi connectivity index (χ0v) is 15.1. The smallest absolute Gasteiger partial charge is 0.309 e. The second-order valence-corrected chi connectivity index (χ2v) is 6.22. The van der Waals surface area contributed by atoms with Crippen molar-refractivity contribution >= 4 is 29.2 Å². The van der Waals surface area contributed by atoms with E-state index in [0.29, 0.717) is 23.3 Å². The Morgan fingerprint density at radius 1 is 1.04 bits per heavy atom. The van der Waals surface area contributed by atoms with Crippen LogP contribution in [0, 0.1) is 0 Å². The lowest BCUT2D eigenvalue weighted by molar-refractivity contribution is -0.144. The SMILES string of the molecule is CCCOC(=O)CCOc1ccc(Cc2ccc(Cl)cc2Cl)cc1. The minimum absolute atomic E-state index is 0.231. The first-order valence-corrected chi connectivity index (χ1v) is 8.65. The van der Waals surface area contributed by atoms with E-state index in [9.17, 15) is 4.79 Å². The molecule has 0 saturated heterocycles. The maximum atomic E-state index is 11.4. The Morgan fingerprint density at radius 3 is 2.46 bits per heavy atom. The summed E-state index contributed by atoms with van der Waals surface area (Å²) in [6.07, 6.45) is 1.80. The summed E-state index contributed by atoms with van der Waals surface area (Å²) in [4.78, 5) is 11.4. The monoisotopic (exact) mass is 366 g/mol. The average Bonchev–Trinajstić information content (AvgIpc) is 2.57. The number of esters is 1. The van der Waals surface area contributed by atoms with Crippen LogP contribution in [-0.2, 0) is 16.0 Å². The van der Waals surface area contributed by atoms with Crippen molar-refractivity contribution in [1.82, 2.24) is 0 Å². The van der Waals surface area contributed by atoms with Gasteiger partial charge in [-0.25, -0.2) is 0 Å². The van der Waals surface area contributed by atoms with Crippen molar-refractivity contribution in [2.75, 3.05) is 13.2 Å². The molecule has 0 atom stereocenters. The highest BCUT2D eigenvalue weighted by Gasteiger charge is 2.05. The summed E-state index contributed by atoms with van der Waals surface area (Å²) in [5.41, 5.74) is 2.14. The Morgan fingerprint density at radius 2 is 1.79 bits per heavy atom. The van der Waals surface area contributed by atoms with Crippen molar-refractivity contribution in [3.63, 3.8) is 0 Å². The predicted octanol–water partition coefficient (Wildman–Crippen LogP) is 5.31. The maximum Gasteiger partial charge on any atom is 0.309 e. The first-order valence-electron chi connectivity index (χ1n) is 7.89. The molecule has 24 heavy (non-hydrogen) atoms. The van der Waals surface area contributed by atoms with Crippen LogP contribution >= 0.6 is 23.2 Å². The normalized spacial score (nSPS) is 10.5. The lowest BCUT2D eigenvalue weighted by Gasteiger charge is -2.08. The van der Waals surface area contributed by atoms with E-state index in [2.05, 4.69) is 0 Å². The Kier molecular flexibility index (Phi) is 7.41. The molecular formula is C19H20Cl2O3. The Balaban J connectivity index is 1.83. The Labute approximate surface area is 152 Å². The molecule has 0 saturated carbocycles. The van der Waals surface area contributed by atoms with Gasteiger partial charge in [0.25, 0.3) is 0 Å². The maximum absolute atomic E-state index is 11.4. The second kappa shape index (κ2) is 9.55. The van der Waals surface area contributed by atoms with Crippen LogP contribution in [0.4, 0.5) is 0 Å². The molecule has 128 valence electrons. The van der Waals surface area contributed by atoms with E-state index in [1.807, 2.05) is 43.3 Å². The van der Waals surface area contributed by atoms with Crippen LogP contribution in [0.15, 0.2) is 42.5 Å². The number of benzene rings is 2. The van der Waals surface area contributed by atoms with Crippen LogP contribution in [0.1, 0.15) is 30.9 Å². The zero-order valence-electron chi connectivity index (χ0n) is 13.6. The third-order valence-electron chi connectivity index (χ3n) is 3.38. The standard InChI is InChI=1S/C19H20Cl2O3/c1-2-10-24-19(22)9-11-23-17-7-3-14(4-8-17)12-15-5-6-16(20)13-18(15)21/h3-8,13H,2,9-12H2,1H3. The van der Waals surface area contributed by atoms with Gasteiger partial charge < -0.3 is 9.47 Å². The van der Waals surface area contributed by atoms with Crippen molar-refractivity contribution in [2.45, 2.75) is 26.2 Å². The summed E-state index contributed by atoms with van der Waals surface area (Å²) in [5, 5.41) is 1.29. The van der Waals surface area contributed by atoms with E-state index in [0.717, 1.165) is 29.7 Å². The van der Waals surface area contributed by atoms with Gasteiger partial charge in [0.05, 0.1) is 19.6 Å². The fraction of sp³-hybridized carbons (Fsp3) is 0.316. The second-order valence-electron chi connectivity index (χ2n) is 5.38. The summed E-state index contributed by atoms with van der Waals surface area (Å²) in [7, 11) is 0. The van der Waals surface area contributed by atoms with Gasteiger partial charge in [-0.15, -0.1) is 0 Å². The Bertz CT molecular complexity index is 669. The molecule has 2 aromatic rings. The van der Waals surface area contributed by atoms with Crippen molar-refractivity contribution in [2.24, 2.45) is 0 Å². The fourth-order valence-corrected chi connectivity index (χ4v) is 2.60. The molecule has 0 unspecified atom stereocenters. The first kappa shape index (κ1) is 18.6. The molecule has 0 aliphatic rings. The highest BCUT2D eigenvalue weighted by molar-refractivity contribution is 6.35. The predicted molar refractivity (Wildman–Crippen MR) is 97.1 cm³/mol. The molecule has 3 nitrogen and oxygen atoms in total. The molecule has 0 fully saturated rings. The van der Waals surface area contributed by atoms with Gasteiger partial charge in [0, 0.05) is 10.0 Å². The lowest BCUT2D eigenvalue weighted by Crippen LogP contribution is -2.10. The van der Waals surface area contributed by atoms with Gasteiger partial charge in [-0.2, -0.15) is 0 Å². The zero-order chi connectivity index (χ0) is 17.4. The number of carbonyl (C=O) groups is 1. The van der Waals surface area contributed by atoms with Gasteiger partial charge in [-0.3, -0.25) is 4.79 Å². The van der Waals surface area contributed by atoms with Crippen molar-refractivity contribution in [1.29, 1.82) is 0 Å². The molecule has 2 rings (SSSR count).